The summed E-state index contributed by atoms with van der Waals surface area (Å²) in [5.74, 6) is 1.86. The number of aromatic nitrogens is 6. The maximum atomic E-state index is 5.83. The minimum atomic E-state index is -0.0480. The third-order valence-corrected chi connectivity index (χ3v) is 4.99. The Kier molecular flexibility index (Phi) is 4.49. The lowest BCUT2D eigenvalue weighted by molar-refractivity contribution is 0.508. The summed E-state index contributed by atoms with van der Waals surface area (Å²) in [7, 11) is 1.94. The molecule has 0 spiro atoms. The maximum absolute atomic E-state index is 5.83. The van der Waals surface area contributed by atoms with Gasteiger partial charge in [0.1, 0.15) is 0 Å². The van der Waals surface area contributed by atoms with E-state index in [4.69, 9.17) is 4.42 Å². The molecule has 0 amide bonds. The van der Waals surface area contributed by atoms with Crippen LogP contribution in [0.2, 0.25) is 0 Å². The van der Waals surface area contributed by atoms with E-state index in [2.05, 4.69) is 25.4 Å². The van der Waals surface area contributed by atoms with E-state index in [-0.39, 0.29) is 5.25 Å². The zero-order valence-corrected chi connectivity index (χ0v) is 15.1. The molecule has 0 aliphatic heterocycles. The highest BCUT2D eigenvalue weighted by atomic mass is 32.2. The van der Waals surface area contributed by atoms with Crippen molar-refractivity contribution in [3.8, 4) is 22.8 Å². The molecular formula is C18H16N6OS. The molecule has 0 bridgehead atoms. The van der Waals surface area contributed by atoms with Gasteiger partial charge in [-0.3, -0.25) is 4.98 Å². The molecular weight excluding hydrogens is 348 g/mol. The minimum absolute atomic E-state index is 0.0480. The molecule has 1 atom stereocenters. The molecule has 8 heteroatoms. The molecule has 3 aromatic heterocycles. The Balaban J connectivity index is 1.53. The first-order valence-corrected chi connectivity index (χ1v) is 8.95. The molecule has 0 saturated heterocycles. The maximum Gasteiger partial charge on any atom is 0.247 e. The standard InChI is InChI=1S/C18H16N6OS/c1-12(16-21-22-17(25-16)14-6-4-3-5-7-14)26-18-23-20-15(24(18)2)13-8-10-19-11-9-13/h3-12H,1-2H3/t12-/m1/s1. The molecule has 1 aromatic carbocycles. The summed E-state index contributed by atoms with van der Waals surface area (Å²) in [5.41, 5.74) is 1.88. The summed E-state index contributed by atoms with van der Waals surface area (Å²) in [6.45, 7) is 2.01. The monoisotopic (exact) mass is 364 g/mol. The molecule has 4 rings (SSSR count). The van der Waals surface area contributed by atoms with Crippen LogP contribution in [0.5, 0.6) is 0 Å². The molecule has 0 unspecified atom stereocenters. The van der Waals surface area contributed by atoms with Gasteiger partial charge in [-0.1, -0.05) is 30.0 Å². The SMILES string of the molecule is C[C@@H](Sc1nnc(-c2ccncc2)n1C)c1nnc(-c2ccccc2)o1. The van der Waals surface area contributed by atoms with Crippen molar-refractivity contribution in [2.75, 3.05) is 0 Å². The second-order valence-corrected chi connectivity index (χ2v) is 6.98. The van der Waals surface area contributed by atoms with Crippen LogP contribution < -0.4 is 0 Å². The Morgan fingerprint density at radius 1 is 0.923 bits per heavy atom. The molecule has 26 heavy (non-hydrogen) atoms. The van der Waals surface area contributed by atoms with E-state index in [9.17, 15) is 0 Å². The third-order valence-electron chi connectivity index (χ3n) is 3.86. The van der Waals surface area contributed by atoms with E-state index in [1.807, 2.05) is 61.0 Å². The van der Waals surface area contributed by atoms with Gasteiger partial charge < -0.3 is 8.98 Å². The summed E-state index contributed by atoms with van der Waals surface area (Å²) in [6, 6.07) is 13.5. The van der Waals surface area contributed by atoms with E-state index in [1.54, 1.807) is 12.4 Å². The lowest BCUT2D eigenvalue weighted by Gasteiger charge is -2.07. The van der Waals surface area contributed by atoms with Crippen molar-refractivity contribution in [2.24, 2.45) is 7.05 Å². The lowest BCUT2D eigenvalue weighted by Crippen LogP contribution is -1.97. The fourth-order valence-corrected chi connectivity index (χ4v) is 3.32. The van der Waals surface area contributed by atoms with Gasteiger partial charge in [-0.15, -0.1) is 20.4 Å². The van der Waals surface area contributed by atoms with Gasteiger partial charge in [0.15, 0.2) is 11.0 Å². The Hall–Kier alpha value is -3.00. The molecule has 0 radical (unpaired) electrons. The molecule has 130 valence electrons. The summed E-state index contributed by atoms with van der Waals surface area (Å²) < 4.78 is 7.78. The number of nitrogens with zero attached hydrogens (tertiary/aromatic N) is 6. The van der Waals surface area contributed by atoms with Gasteiger partial charge in [0.05, 0.1) is 5.25 Å². The molecule has 4 aromatic rings. The molecule has 3 heterocycles. The van der Waals surface area contributed by atoms with Crippen molar-refractivity contribution < 1.29 is 4.42 Å². The van der Waals surface area contributed by atoms with E-state index in [0.717, 1.165) is 22.1 Å². The van der Waals surface area contributed by atoms with Crippen LogP contribution in [0.3, 0.4) is 0 Å². The number of hydrogen-bond acceptors (Lipinski definition) is 7. The summed E-state index contributed by atoms with van der Waals surface area (Å²) in [6.07, 6.45) is 3.48. The highest BCUT2D eigenvalue weighted by molar-refractivity contribution is 7.99. The Morgan fingerprint density at radius 2 is 1.69 bits per heavy atom. The van der Waals surface area contributed by atoms with Gasteiger partial charge in [0.25, 0.3) is 0 Å². The van der Waals surface area contributed by atoms with E-state index >= 15 is 0 Å². The van der Waals surface area contributed by atoms with Crippen LogP contribution in [0.25, 0.3) is 22.8 Å². The van der Waals surface area contributed by atoms with Gasteiger partial charge in [-0.2, -0.15) is 0 Å². The summed E-state index contributed by atoms with van der Waals surface area (Å²) in [4.78, 5) is 4.03. The average molecular weight is 364 g/mol. The van der Waals surface area contributed by atoms with Crippen LogP contribution in [0.15, 0.2) is 64.4 Å². The molecule has 0 saturated carbocycles. The smallest absolute Gasteiger partial charge is 0.247 e. The molecule has 0 aliphatic carbocycles. The van der Waals surface area contributed by atoms with Gasteiger partial charge in [0, 0.05) is 30.6 Å². The van der Waals surface area contributed by atoms with Crippen molar-refractivity contribution >= 4 is 11.8 Å². The van der Waals surface area contributed by atoms with Crippen molar-refractivity contribution in [3.63, 3.8) is 0 Å². The van der Waals surface area contributed by atoms with E-state index in [1.165, 1.54) is 11.8 Å². The van der Waals surface area contributed by atoms with Crippen LogP contribution in [0.1, 0.15) is 18.1 Å². The Morgan fingerprint density at radius 3 is 2.46 bits per heavy atom. The molecule has 0 aliphatic rings. The van der Waals surface area contributed by atoms with Crippen LogP contribution in [-0.2, 0) is 7.05 Å². The molecule has 0 N–H and O–H groups in total. The van der Waals surface area contributed by atoms with E-state index < -0.39 is 0 Å². The zero-order valence-electron chi connectivity index (χ0n) is 14.3. The molecule has 0 fully saturated rings. The zero-order chi connectivity index (χ0) is 17.9. The van der Waals surface area contributed by atoms with Crippen LogP contribution in [0, 0.1) is 0 Å². The molecule has 7 nitrogen and oxygen atoms in total. The van der Waals surface area contributed by atoms with Crippen LogP contribution in [-0.4, -0.2) is 29.9 Å². The average Bonchev–Trinajstić information content (AvgIpc) is 3.31. The Labute approximate surface area is 154 Å². The van der Waals surface area contributed by atoms with Crippen LogP contribution in [0.4, 0.5) is 0 Å². The summed E-state index contributed by atoms with van der Waals surface area (Å²) >= 11 is 1.52. The quantitative estimate of drug-likeness (QED) is 0.498. The van der Waals surface area contributed by atoms with Gasteiger partial charge in [-0.25, -0.2) is 0 Å². The first kappa shape index (κ1) is 16.5. The first-order chi connectivity index (χ1) is 12.7. The predicted molar refractivity (Wildman–Crippen MR) is 98.2 cm³/mol. The fraction of sp³-hybridized carbons (Fsp3) is 0.167. The number of rotatable bonds is 5. The van der Waals surface area contributed by atoms with Gasteiger partial charge in [0.2, 0.25) is 11.8 Å². The number of benzene rings is 1. The second-order valence-electron chi connectivity index (χ2n) is 5.67. The second kappa shape index (κ2) is 7.09. The van der Waals surface area contributed by atoms with Gasteiger partial charge in [-0.05, 0) is 31.2 Å². The topological polar surface area (TPSA) is 82.5 Å². The van der Waals surface area contributed by atoms with Crippen molar-refractivity contribution in [3.05, 3.63) is 60.7 Å². The highest BCUT2D eigenvalue weighted by Gasteiger charge is 2.20. The normalized spacial score (nSPS) is 12.2. The number of thioether (sulfide) groups is 1. The van der Waals surface area contributed by atoms with E-state index in [0.29, 0.717) is 11.8 Å². The highest BCUT2D eigenvalue weighted by Crippen LogP contribution is 2.35. The fourth-order valence-electron chi connectivity index (χ4n) is 2.47. The Bertz CT molecular complexity index is 999. The van der Waals surface area contributed by atoms with Gasteiger partial charge >= 0.3 is 0 Å². The van der Waals surface area contributed by atoms with Crippen LogP contribution >= 0.6 is 11.8 Å². The lowest BCUT2D eigenvalue weighted by atomic mass is 10.2. The summed E-state index contributed by atoms with van der Waals surface area (Å²) in [5, 5.41) is 17.6. The van der Waals surface area contributed by atoms with Crippen molar-refractivity contribution in [1.82, 2.24) is 29.9 Å². The van der Waals surface area contributed by atoms with Crippen molar-refractivity contribution in [1.29, 1.82) is 0 Å². The number of pyridine rings is 1. The largest absolute Gasteiger partial charge is 0.419 e. The predicted octanol–water partition coefficient (Wildman–Crippen LogP) is 3.78. The number of hydrogen-bond donors (Lipinski definition) is 0. The third kappa shape index (κ3) is 3.23. The first-order valence-electron chi connectivity index (χ1n) is 8.07. The van der Waals surface area contributed by atoms with Crippen molar-refractivity contribution in [2.45, 2.75) is 17.3 Å². The minimum Gasteiger partial charge on any atom is -0.419 e.